The number of carbonyl (C=O) groups excluding carboxylic acids is 1. The summed E-state index contributed by atoms with van der Waals surface area (Å²) in [6.45, 7) is 2.37. The molecular weight excluding hydrogens is 302 g/mol. The van der Waals surface area contributed by atoms with Gasteiger partial charge in [0.15, 0.2) is 6.10 Å². The Morgan fingerprint density at radius 3 is 2.54 bits per heavy atom. The van der Waals surface area contributed by atoms with Crippen molar-refractivity contribution in [2.45, 2.75) is 45.1 Å². The summed E-state index contributed by atoms with van der Waals surface area (Å²) in [5.74, 6) is 0.619. The standard InChI is InChI=1S/C20H23NO3/c1-15(24-19-9-5-8-17(12-19)14-22)20(23)21(18-10-11-18)13-16-6-3-2-4-7-16/h2-9,12,15,18,22H,10-11,13-14H2,1H3. The van der Waals surface area contributed by atoms with Crippen LogP contribution < -0.4 is 4.74 Å². The molecule has 0 saturated heterocycles. The first-order valence-electron chi connectivity index (χ1n) is 8.38. The Hall–Kier alpha value is -2.33. The second-order valence-electron chi connectivity index (χ2n) is 6.25. The average Bonchev–Trinajstić information content (AvgIpc) is 3.45. The van der Waals surface area contributed by atoms with E-state index < -0.39 is 6.10 Å². The Kier molecular flexibility index (Phi) is 5.16. The van der Waals surface area contributed by atoms with Crippen LogP contribution in [0.1, 0.15) is 30.9 Å². The van der Waals surface area contributed by atoms with Gasteiger partial charge in [0.2, 0.25) is 0 Å². The van der Waals surface area contributed by atoms with Gasteiger partial charge in [-0.05, 0) is 43.0 Å². The minimum atomic E-state index is -0.553. The van der Waals surface area contributed by atoms with Gasteiger partial charge in [-0.3, -0.25) is 4.79 Å². The first-order valence-corrected chi connectivity index (χ1v) is 8.38. The number of hydrogen-bond donors (Lipinski definition) is 1. The largest absolute Gasteiger partial charge is 0.481 e. The fourth-order valence-corrected chi connectivity index (χ4v) is 2.76. The van der Waals surface area contributed by atoms with Crippen LogP contribution >= 0.6 is 0 Å². The second-order valence-corrected chi connectivity index (χ2v) is 6.25. The highest BCUT2D eigenvalue weighted by atomic mass is 16.5. The zero-order chi connectivity index (χ0) is 16.9. The number of aliphatic hydroxyl groups excluding tert-OH is 1. The second kappa shape index (κ2) is 7.49. The maximum atomic E-state index is 12.8. The lowest BCUT2D eigenvalue weighted by Gasteiger charge is -2.26. The molecule has 1 amide bonds. The first-order chi connectivity index (χ1) is 11.7. The summed E-state index contributed by atoms with van der Waals surface area (Å²) in [6, 6.07) is 17.6. The van der Waals surface area contributed by atoms with E-state index in [0.29, 0.717) is 18.3 Å². The van der Waals surface area contributed by atoms with Crippen molar-refractivity contribution in [3.05, 3.63) is 65.7 Å². The minimum Gasteiger partial charge on any atom is -0.481 e. The van der Waals surface area contributed by atoms with E-state index >= 15 is 0 Å². The number of benzene rings is 2. The Morgan fingerprint density at radius 2 is 1.88 bits per heavy atom. The summed E-state index contributed by atoms with van der Waals surface area (Å²) < 4.78 is 5.81. The highest BCUT2D eigenvalue weighted by Crippen LogP contribution is 2.29. The van der Waals surface area contributed by atoms with Crippen molar-refractivity contribution in [1.82, 2.24) is 4.90 Å². The molecule has 0 aliphatic heterocycles. The van der Waals surface area contributed by atoms with Crippen LogP contribution in [-0.4, -0.2) is 28.1 Å². The van der Waals surface area contributed by atoms with Crippen molar-refractivity contribution >= 4 is 5.91 Å². The number of amides is 1. The van der Waals surface area contributed by atoms with Gasteiger partial charge < -0.3 is 14.7 Å². The summed E-state index contributed by atoms with van der Waals surface area (Å²) in [6.07, 6.45) is 1.57. The molecule has 1 unspecified atom stereocenters. The van der Waals surface area contributed by atoms with Crippen molar-refractivity contribution in [2.75, 3.05) is 0 Å². The molecule has 1 N–H and O–H groups in total. The molecule has 2 aromatic rings. The molecule has 2 aromatic carbocycles. The zero-order valence-electron chi connectivity index (χ0n) is 13.9. The van der Waals surface area contributed by atoms with Crippen LogP contribution in [0.4, 0.5) is 0 Å². The summed E-state index contributed by atoms with van der Waals surface area (Å²) in [5.41, 5.74) is 1.91. The molecule has 0 heterocycles. The lowest BCUT2D eigenvalue weighted by atomic mass is 10.2. The Bertz CT molecular complexity index is 682. The van der Waals surface area contributed by atoms with Gasteiger partial charge in [-0.1, -0.05) is 42.5 Å². The molecule has 1 saturated carbocycles. The maximum absolute atomic E-state index is 12.8. The normalized spacial score (nSPS) is 14.9. The smallest absolute Gasteiger partial charge is 0.263 e. The van der Waals surface area contributed by atoms with E-state index in [0.717, 1.165) is 24.0 Å². The lowest BCUT2D eigenvalue weighted by Crippen LogP contribution is -2.41. The summed E-state index contributed by atoms with van der Waals surface area (Å²) >= 11 is 0. The molecule has 1 aliphatic carbocycles. The van der Waals surface area contributed by atoms with Crippen LogP contribution in [0.2, 0.25) is 0 Å². The highest BCUT2D eigenvalue weighted by molar-refractivity contribution is 5.81. The molecule has 0 radical (unpaired) electrons. The molecule has 0 spiro atoms. The van der Waals surface area contributed by atoms with E-state index in [4.69, 9.17) is 4.74 Å². The van der Waals surface area contributed by atoms with E-state index in [1.807, 2.05) is 53.4 Å². The number of carbonyl (C=O) groups is 1. The van der Waals surface area contributed by atoms with Gasteiger partial charge in [0.1, 0.15) is 5.75 Å². The zero-order valence-corrected chi connectivity index (χ0v) is 13.9. The molecule has 4 heteroatoms. The van der Waals surface area contributed by atoms with E-state index in [2.05, 4.69) is 0 Å². The predicted octanol–water partition coefficient (Wildman–Crippen LogP) is 3.14. The molecule has 1 atom stereocenters. The first kappa shape index (κ1) is 16.5. The van der Waals surface area contributed by atoms with Crippen molar-refractivity contribution in [3.8, 4) is 5.75 Å². The van der Waals surface area contributed by atoms with Gasteiger partial charge in [0.05, 0.1) is 6.61 Å². The molecule has 1 fully saturated rings. The van der Waals surface area contributed by atoms with Crippen molar-refractivity contribution in [1.29, 1.82) is 0 Å². The van der Waals surface area contributed by atoms with Crippen LogP contribution in [-0.2, 0) is 17.9 Å². The summed E-state index contributed by atoms with van der Waals surface area (Å²) in [7, 11) is 0. The Morgan fingerprint density at radius 1 is 1.17 bits per heavy atom. The molecule has 24 heavy (non-hydrogen) atoms. The molecule has 4 nitrogen and oxygen atoms in total. The third-order valence-electron chi connectivity index (χ3n) is 4.21. The van der Waals surface area contributed by atoms with Gasteiger partial charge in [0, 0.05) is 12.6 Å². The summed E-state index contributed by atoms with van der Waals surface area (Å²) in [4.78, 5) is 14.8. The third kappa shape index (κ3) is 4.15. The Labute approximate surface area is 142 Å². The maximum Gasteiger partial charge on any atom is 0.263 e. The number of aliphatic hydroxyl groups is 1. The topological polar surface area (TPSA) is 49.8 Å². The van der Waals surface area contributed by atoms with Crippen LogP contribution in [0.25, 0.3) is 0 Å². The monoisotopic (exact) mass is 325 g/mol. The summed E-state index contributed by atoms with van der Waals surface area (Å²) in [5, 5.41) is 9.21. The molecule has 3 rings (SSSR count). The molecule has 126 valence electrons. The van der Waals surface area contributed by atoms with Crippen LogP contribution in [0.5, 0.6) is 5.75 Å². The van der Waals surface area contributed by atoms with Crippen molar-refractivity contribution in [2.24, 2.45) is 0 Å². The van der Waals surface area contributed by atoms with Crippen molar-refractivity contribution < 1.29 is 14.6 Å². The van der Waals surface area contributed by atoms with Crippen LogP contribution in [0, 0.1) is 0 Å². The third-order valence-corrected chi connectivity index (χ3v) is 4.21. The molecule has 0 bridgehead atoms. The number of nitrogens with zero attached hydrogens (tertiary/aromatic N) is 1. The fraction of sp³-hybridized carbons (Fsp3) is 0.350. The SMILES string of the molecule is CC(Oc1cccc(CO)c1)C(=O)N(Cc1ccccc1)C1CC1. The molecule has 1 aliphatic rings. The van der Waals surface area contributed by atoms with E-state index in [1.54, 1.807) is 13.0 Å². The van der Waals surface area contributed by atoms with E-state index in [-0.39, 0.29) is 12.5 Å². The van der Waals surface area contributed by atoms with Gasteiger partial charge in [0.25, 0.3) is 5.91 Å². The molecular formula is C20H23NO3. The number of ether oxygens (including phenoxy) is 1. The highest BCUT2D eigenvalue weighted by Gasteiger charge is 2.35. The molecule has 0 aromatic heterocycles. The predicted molar refractivity (Wildman–Crippen MR) is 92.5 cm³/mol. The number of rotatable bonds is 7. The number of hydrogen-bond acceptors (Lipinski definition) is 3. The van der Waals surface area contributed by atoms with Gasteiger partial charge >= 0.3 is 0 Å². The minimum absolute atomic E-state index is 0.00996. The lowest BCUT2D eigenvalue weighted by molar-refractivity contribution is -0.139. The average molecular weight is 325 g/mol. The van der Waals surface area contributed by atoms with Gasteiger partial charge in [-0.15, -0.1) is 0 Å². The van der Waals surface area contributed by atoms with Crippen molar-refractivity contribution in [3.63, 3.8) is 0 Å². The van der Waals surface area contributed by atoms with Crippen LogP contribution in [0.15, 0.2) is 54.6 Å². The van der Waals surface area contributed by atoms with Gasteiger partial charge in [-0.25, -0.2) is 0 Å². The fourth-order valence-electron chi connectivity index (χ4n) is 2.76. The van der Waals surface area contributed by atoms with E-state index in [9.17, 15) is 9.90 Å². The van der Waals surface area contributed by atoms with Crippen LogP contribution in [0.3, 0.4) is 0 Å². The van der Waals surface area contributed by atoms with Gasteiger partial charge in [-0.2, -0.15) is 0 Å². The van der Waals surface area contributed by atoms with E-state index in [1.165, 1.54) is 0 Å². The quantitative estimate of drug-likeness (QED) is 0.851. The Balaban J connectivity index is 1.67.